The van der Waals surface area contributed by atoms with Gasteiger partial charge in [0.05, 0.1) is 15.6 Å². The number of likely N-dealkylation sites (tertiary alicyclic amines) is 1. The van der Waals surface area contributed by atoms with Gasteiger partial charge in [0, 0.05) is 43.9 Å². The highest BCUT2D eigenvalue weighted by molar-refractivity contribution is 7.99. The maximum Gasteiger partial charge on any atom is 0.284 e. The molecule has 34 heavy (non-hydrogen) atoms. The van der Waals surface area contributed by atoms with Crippen LogP contribution in [0.1, 0.15) is 43.0 Å². The molecule has 0 N–H and O–H groups in total. The highest BCUT2D eigenvalue weighted by atomic mass is 32.2. The van der Waals surface area contributed by atoms with E-state index in [1.54, 1.807) is 36.2 Å². The van der Waals surface area contributed by atoms with Gasteiger partial charge in [-0.25, -0.2) is 17.7 Å². The van der Waals surface area contributed by atoms with Gasteiger partial charge in [0.1, 0.15) is 5.03 Å². The lowest BCUT2D eigenvalue weighted by molar-refractivity contribution is -0.387. The van der Waals surface area contributed by atoms with Crippen LogP contribution in [0.2, 0.25) is 0 Å². The molecule has 12 heteroatoms. The molecule has 1 aromatic heterocycles. The lowest BCUT2D eigenvalue weighted by atomic mass is 10.2. The molecule has 1 aromatic carbocycles. The zero-order valence-corrected chi connectivity index (χ0v) is 20.4. The molecule has 182 valence electrons. The molecule has 0 bridgehead atoms. The van der Waals surface area contributed by atoms with Gasteiger partial charge in [-0.1, -0.05) is 24.8 Å². The first-order valence-electron chi connectivity index (χ1n) is 10.9. The SMILES string of the molecule is CCCS(=O)(=O)N(CCCN1CCCC1=O)C(=O)c1ccc(Sc2ccccn2)c([N+](=O)[O-])c1. The Balaban J connectivity index is 1.84. The summed E-state index contributed by atoms with van der Waals surface area (Å²) in [5.74, 6) is -1.03. The van der Waals surface area contributed by atoms with Gasteiger partial charge in [0.25, 0.3) is 11.6 Å². The summed E-state index contributed by atoms with van der Waals surface area (Å²) >= 11 is 1.08. The maximum atomic E-state index is 13.2. The number of carbonyl (C=O) groups excluding carboxylic acids is 2. The zero-order valence-electron chi connectivity index (χ0n) is 18.8. The summed E-state index contributed by atoms with van der Waals surface area (Å²) in [6.45, 7) is 2.56. The van der Waals surface area contributed by atoms with Crippen LogP contribution in [-0.2, 0) is 14.8 Å². The molecule has 0 radical (unpaired) electrons. The number of benzene rings is 1. The molecule has 2 aromatic rings. The summed E-state index contributed by atoms with van der Waals surface area (Å²) in [6.07, 6.45) is 3.41. The summed E-state index contributed by atoms with van der Waals surface area (Å²) in [4.78, 5) is 42.2. The Bertz CT molecular complexity index is 1160. The third kappa shape index (κ3) is 6.32. The topological polar surface area (TPSA) is 131 Å². The predicted octanol–water partition coefficient (Wildman–Crippen LogP) is 3.34. The standard InChI is InChI=1S/C22H26N4O6S2/c1-2-15-34(31,32)25(14-6-13-24-12-5-8-21(24)27)22(28)17-9-10-19(18(16-17)26(29)30)33-20-7-3-4-11-23-20/h3-4,7,9-11,16H,2,5-6,8,12-15H2,1H3. The van der Waals surface area contributed by atoms with Gasteiger partial charge in [-0.15, -0.1) is 0 Å². The first-order valence-corrected chi connectivity index (χ1v) is 13.4. The lowest BCUT2D eigenvalue weighted by Gasteiger charge is -2.24. The van der Waals surface area contributed by atoms with E-state index in [0.717, 1.165) is 28.6 Å². The van der Waals surface area contributed by atoms with E-state index in [9.17, 15) is 28.1 Å². The van der Waals surface area contributed by atoms with Crippen LogP contribution in [0.15, 0.2) is 52.5 Å². The Morgan fingerprint density at radius 3 is 2.71 bits per heavy atom. The lowest BCUT2D eigenvalue weighted by Crippen LogP contribution is -2.40. The summed E-state index contributed by atoms with van der Waals surface area (Å²) in [5, 5.41) is 12.2. The van der Waals surface area contributed by atoms with Gasteiger partial charge in [0.2, 0.25) is 15.9 Å². The van der Waals surface area contributed by atoms with Crippen LogP contribution >= 0.6 is 11.8 Å². The fourth-order valence-corrected chi connectivity index (χ4v) is 5.99. The Morgan fingerprint density at radius 2 is 2.09 bits per heavy atom. The van der Waals surface area contributed by atoms with Gasteiger partial charge in [-0.05, 0) is 43.5 Å². The van der Waals surface area contributed by atoms with E-state index in [1.165, 1.54) is 12.1 Å². The van der Waals surface area contributed by atoms with Crippen molar-refractivity contribution >= 4 is 39.3 Å². The molecule has 0 atom stereocenters. The Kier molecular flexibility index (Phi) is 8.61. The van der Waals surface area contributed by atoms with E-state index < -0.39 is 20.9 Å². The van der Waals surface area contributed by atoms with Crippen molar-refractivity contribution in [3.8, 4) is 0 Å². The number of nitrogens with zero attached hydrogens (tertiary/aromatic N) is 4. The maximum absolute atomic E-state index is 13.2. The third-order valence-electron chi connectivity index (χ3n) is 5.24. The molecule has 1 aliphatic heterocycles. The van der Waals surface area contributed by atoms with E-state index in [-0.39, 0.29) is 40.8 Å². The summed E-state index contributed by atoms with van der Waals surface area (Å²) in [6, 6.07) is 9.11. The fraction of sp³-hybridized carbons (Fsp3) is 0.409. The molecule has 10 nitrogen and oxygen atoms in total. The van der Waals surface area contributed by atoms with Crippen molar-refractivity contribution in [3.63, 3.8) is 0 Å². The van der Waals surface area contributed by atoms with Crippen LogP contribution in [0.4, 0.5) is 5.69 Å². The number of carbonyl (C=O) groups is 2. The molecular weight excluding hydrogens is 480 g/mol. The molecule has 1 aliphatic rings. The van der Waals surface area contributed by atoms with Crippen LogP contribution in [0.5, 0.6) is 0 Å². The zero-order chi connectivity index (χ0) is 24.7. The van der Waals surface area contributed by atoms with Gasteiger partial charge in [-0.2, -0.15) is 0 Å². The second-order valence-corrected chi connectivity index (χ2v) is 10.8. The minimum absolute atomic E-state index is 0.0194. The van der Waals surface area contributed by atoms with Gasteiger partial charge < -0.3 is 4.90 Å². The minimum Gasteiger partial charge on any atom is -0.343 e. The molecule has 1 saturated heterocycles. The number of hydrogen-bond acceptors (Lipinski definition) is 8. The second-order valence-electron chi connectivity index (χ2n) is 7.74. The molecule has 3 rings (SSSR count). The average molecular weight is 507 g/mol. The summed E-state index contributed by atoms with van der Waals surface area (Å²) in [5.41, 5.74) is -0.397. The van der Waals surface area contributed by atoms with Crippen molar-refractivity contribution in [2.24, 2.45) is 0 Å². The summed E-state index contributed by atoms with van der Waals surface area (Å²) in [7, 11) is -3.93. The predicted molar refractivity (Wildman–Crippen MR) is 127 cm³/mol. The number of nitro groups is 1. The van der Waals surface area contributed by atoms with Crippen LogP contribution < -0.4 is 0 Å². The highest BCUT2D eigenvalue weighted by Crippen LogP contribution is 2.34. The fourth-order valence-electron chi connectivity index (χ4n) is 3.62. The smallest absolute Gasteiger partial charge is 0.284 e. The van der Waals surface area contributed by atoms with E-state index >= 15 is 0 Å². The summed E-state index contributed by atoms with van der Waals surface area (Å²) < 4.78 is 26.5. The van der Waals surface area contributed by atoms with Crippen molar-refractivity contribution < 1.29 is 22.9 Å². The molecule has 0 saturated carbocycles. The minimum atomic E-state index is -3.93. The van der Waals surface area contributed by atoms with Gasteiger partial charge in [0.15, 0.2) is 0 Å². The van der Waals surface area contributed by atoms with Crippen molar-refractivity contribution in [2.45, 2.75) is 42.5 Å². The number of amides is 2. The Labute approximate surface area is 202 Å². The van der Waals surface area contributed by atoms with E-state index in [1.807, 2.05) is 0 Å². The Hall–Kier alpha value is -2.99. The molecule has 0 spiro atoms. The number of rotatable bonds is 11. The average Bonchev–Trinajstić information content (AvgIpc) is 3.21. The number of aromatic nitrogens is 1. The third-order valence-corrected chi connectivity index (χ3v) is 8.20. The van der Waals surface area contributed by atoms with Crippen LogP contribution in [-0.4, -0.2) is 64.7 Å². The van der Waals surface area contributed by atoms with Crippen molar-refractivity contribution in [2.75, 3.05) is 25.4 Å². The first kappa shape index (κ1) is 25.6. The van der Waals surface area contributed by atoms with Gasteiger partial charge in [-0.3, -0.25) is 19.7 Å². The normalized spacial score (nSPS) is 13.8. The molecule has 2 amide bonds. The quantitative estimate of drug-likeness (QED) is 0.335. The van der Waals surface area contributed by atoms with E-state index in [0.29, 0.717) is 31.0 Å². The van der Waals surface area contributed by atoms with Gasteiger partial charge >= 0.3 is 0 Å². The van der Waals surface area contributed by atoms with Crippen LogP contribution in [0, 0.1) is 10.1 Å². The second kappa shape index (κ2) is 11.4. The molecule has 0 aliphatic carbocycles. The highest BCUT2D eigenvalue weighted by Gasteiger charge is 2.30. The Morgan fingerprint density at radius 1 is 1.29 bits per heavy atom. The largest absolute Gasteiger partial charge is 0.343 e. The molecule has 0 unspecified atom stereocenters. The molecular formula is C22H26N4O6S2. The molecule has 2 heterocycles. The van der Waals surface area contributed by atoms with Crippen molar-refractivity contribution in [3.05, 3.63) is 58.3 Å². The number of hydrogen-bond donors (Lipinski definition) is 0. The monoisotopic (exact) mass is 506 g/mol. The number of pyridine rings is 1. The van der Waals surface area contributed by atoms with Crippen LogP contribution in [0.25, 0.3) is 0 Å². The van der Waals surface area contributed by atoms with Crippen LogP contribution in [0.3, 0.4) is 0 Å². The number of nitro benzene ring substituents is 1. The van der Waals surface area contributed by atoms with Crippen molar-refractivity contribution in [1.29, 1.82) is 0 Å². The van der Waals surface area contributed by atoms with E-state index in [2.05, 4.69) is 4.98 Å². The number of sulfonamides is 1. The first-order chi connectivity index (χ1) is 16.2. The van der Waals surface area contributed by atoms with E-state index in [4.69, 9.17) is 0 Å². The molecule has 1 fully saturated rings. The van der Waals surface area contributed by atoms with Crippen molar-refractivity contribution in [1.82, 2.24) is 14.2 Å².